The van der Waals surface area contributed by atoms with Crippen molar-refractivity contribution in [3.8, 4) is 11.5 Å². The Morgan fingerprint density at radius 2 is 2.14 bits per heavy atom. The Balaban J connectivity index is 2.48. The molecule has 0 radical (unpaired) electrons. The summed E-state index contributed by atoms with van der Waals surface area (Å²) in [6.07, 6.45) is 1.28. The lowest BCUT2D eigenvalue weighted by Crippen LogP contribution is -2.30. The number of nitro benzene ring substituents is 1. The fraction of sp³-hybridized carbons (Fsp3) is 0.231. The van der Waals surface area contributed by atoms with E-state index in [1.807, 2.05) is 0 Å². The molecule has 1 heterocycles. The number of nitro groups is 1. The van der Waals surface area contributed by atoms with Crippen molar-refractivity contribution in [2.45, 2.75) is 6.92 Å². The molecule has 0 unspecified atom stereocenters. The number of phenols is 1. The zero-order chi connectivity index (χ0) is 16.4. The summed E-state index contributed by atoms with van der Waals surface area (Å²) in [5.74, 6) is -1.24. The molecule has 3 amide bonds. The second-order valence-corrected chi connectivity index (χ2v) is 4.39. The molecule has 1 saturated heterocycles. The second kappa shape index (κ2) is 5.72. The lowest BCUT2D eigenvalue weighted by atomic mass is 10.1. The summed E-state index contributed by atoms with van der Waals surface area (Å²) >= 11 is 0. The van der Waals surface area contributed by atoms with Crippen LogP contribution in [-0.4, -0.2) is 40.5 Å². The SMILES string of the molecule is CCN1C(=O)N/C(=C/c2cc(OC)c(O)c([N+](=O)[O-])c2)C1=O. The van der Waals surface area contributed by atoms with E-state index < -0.39 is 28.3 Å². The third-order valence-corrected chi connectivity index (χ3v) is 3.08. The number of benzene rings is 1. The first-order valence-electron chi connectivity index (χ1n) is 6.29. The van der Waals surface area contributed by atoms with Crippen molar-refractivity contribution in [1.82, 2.24) is 10.2 Å². The number of hydrogen-bond donors (Lipinski definition) is 2. The van der Waals surface area contributed by atoms with Crippen LogP contribution in [0.2, 0.25) is 0 Å². The van der Waals surface area contributed by atoms with Gasteiger partial charge in [-0.1, -0.05) is 0 Å². The molecule has 116 valence electrons. The van der Waals surface area contributed by atoms with Gasteiger partial charge in [0.25, 0.3) is 5.91 Å². The molecule has 1 aromatic rings. The molecule has 9 nitrogen and oxygen atoms in total. The van der Waals surface area contributed by atoms with Crippen molar-refractivity contribution in [2.75, 3.05) is 13.7 Å². The maximum atomic E-state index is 12.0. The van der Waals surface area contributed by atoms with Crippen molar-refractivity contribution in [3.63, 3.8) is 0 Å². The molecule has 0 atom stereocenters. The Labute approximate surface area is 124 Å². The molecule has 1 aliphatic heterocycles. The van der Waals surface area contributed by atoms with Gasteiger partial charge in [0, 0.05) is 12.6 Å². The van der Waals surface area contributed by atoms with E-state index >= 15 is 0 Å². The van der Waals surface area contributed by atoms with Gasteiger partial charge in [-0.15, -0.1) is 0 Å². The highest BCUT2D eigenvalue weighted by Gasteiger charge is 2.32. The standard InChI is InChI=1S/C13H13N3O6/c1-3-15-12(18)8(14-13(15)19)4-7-5-9(16(20)21)11(17)10(6-7)22-2/h4-6,17H,3H2,1-2H3,(H,14,19)/b8-4+. The molecule has 1 aliphatic rings. The maximum absolute atomic E-state index is 12.0. The number of methoxy groups -OCH3 is 1. The average molecular weight is 307 g/mol. The van der Waals surface area contributed by atoms with E-state index in [4.69, 9.17) is 4.74 Å². The van der Waals surface area contributed by atoms with Crippen LogP contribution < -0.4 is 10.1 Å². The molecule has 0 bridgehead atoms. The zero-order valence-corrected chi connectivity index (χ0v) is 11.8. The maximum Gasteiger partial charge on any atom is 0.328 e. The Morgan fingerprint density at radius 1 is 1.45 bits per heavy atom. The Kier molecular flexibility index (Phi) is 3.97. The number of ether oxygens (including phenoxy) is 1. The number of rotatable bonds is 4. The molecule has 0 aromatic heterocycles. The van der Waals surface area contributed by atoms with Gasteiger partial charge in [-0.25, -0.2) is 4.79 Å². The van der Waals surface area contributed by atoms with Crippen LogP contribution in [0.1, 0.15) is 12.5 Å². The molecule has 2 N–H and O–H groups in total. The number of carbonyl (C=O) groups excluding carboxylic acids is 2. The van der Waals surface area contributed by atoms with Crippen molar-refractivity contribution in [1.29, 1.82) is 0 Å². The van der Waals surface area contributed by atoms with Gasteiger partial charge in [0.05, 0.1) is 12.0 Å². The fourth-order valence-corrected chi connectivity index (χ4v) is 2.02. The van der Waals surface area contributed by atoms with Gasteiger partial charge in [0.2, 0.25) is 5.75 Å². The summed E-state index contributed by atoms with van der Waals surface area (Å²) < 4.78 is 4.86. The average Bonchev–Trinajstić information content (AvgIpc) is 2.74. The van der Waals surface area contributed by atoms with E-state index in [2.05, 4.69) is 5.32 Å². The van der Waals surface area contributed by atoms with Crippen LogP contribution in [0.5, 0.6) is 11.5 Å². The lowest BCUT2D eigenvalue weighted by molar-refractivity contribution is -0.386. The number of nitrogens with one attached hydrogen (secondary N) is 1. The number of hydrogen-bond acceptors (Lipinski definition) is 6. The van der Waals surface area contributed by atoms with Crippen LogP contribution in [0.3, 0.4) is 0 Å². The zero-order valence-electron chi connectivity index (χ0n) is 11.8. The first-order chi connectivity index (χ1) is 10.4. The van der Waals surface area contributed by atoms with E-state index in [9.17, 15) is 24.8 Å². The normalized spacial score (nSPS) is 16.1. The molecule has 2 rings (SSSR count). The predicted octanol–water partition coefficient (Wildman–Crippen LogP) is 1.22. The van der Waals surface area contributed by atoms with Crippen molar-refractivity contribution in [3.05, 3.63) is 33.5 Å². The van der Waals surface area contributed by atoms with Crippen molar-refractivity contribution in [2.24, 2.45) is 0 Å². The Morgan fingerprint density at radius 3 is 2.64 bits per heavy atom. The molecular formula is C13H13N3O6. The highest BCUT2D eigenvalue weighted by molar-refractivity contribution is 6.13. The Hall–Kier alpha value is -3.10. The van der Waals surface area contributed by atoms with Gasteiger partial charge in [0.15, 0.2) is 5.75 Å². The summed E-state index contributed by atoms with van der Waals surface area (Å²) in [5, 5.41) is 23.0. The first-order valence-corrected chi connectivity index (χ1v) is 6.29. The van der Waals surface area contributed by atoms with Crippen LogP contribution in [0.4, 0.5) is 10.5 Å². The van der Waals surface area contributed by atoms with Gasteiger partial charge < -0.3 is 15.2 Å². The molecule has 22 heavy (non-hydrogen) atoms. The lowest BCUT2D eigenvalue weighted by Gasteiger charge is -2.06. The van der Waals surface area contributed by atoms with Gasteiger partial charge >= 0.3 is 11.7 Å². The smallest absolute Gasteiger partial charge is 0.328 e. The van der Waals surface area contributed by atoms with Crippen LogP contribution in [0, 0.1) is 10.1 Å². The highest BCUT2D eigenvalue weighted by Crippen LogP contribution is 2.37. The second-order valence-electron chi connectivity index (χ2n) is 4.39. The van der Waals surface area contributed by atoms with Crippen LogP contribution in [0.15, 0.2) is 17.8 Å². The summed E-state index contributed by atoms with van der Waals surface area (Å²) in [4.78, 5) is 34.6. The predicted molar refractivity (Wildman–Crippen MR) is 75.2 cm³/mol. The summed E-state index contributed by atoms with van der Waals surface area (Å²) in [6, 6.07) is 1.85. The van der Waals surface area contributed by atoms with Crippen LogP contribution in [-0.2, 0) is 4.79 Å². The number of amides is 3. The quantitative estimate of drug-likeness (QED) is 0.373. The molecule has 0 spiro atoms. The van der Waals surface area contributed by atoms with E-state index in [0.29, 0.717) is 0 Å². The third-order valence-electron chi connectivity index (χ3n) is 3.08. The Bertz CT molecular complexity index is 697. The topological polar surface area (TPSA) is 122 Å². The molecule has 1 fully saturated rings. The number of nitrogens with zero attached hydrogens (tertiary/aromatic N) is 2. The largest absolute Gasteiger partial charge is 0.500 e. The summed E-state index contributed by atoms with van der Waals surface area (Å²) in [7, 11) is 1.25. The van der Waals surface area contributed by atoms with E-state index in [-0.39, 0.29) is 23.6 Å². The molecule has 9 heteroatoms. The van der Waals surface area contributed by atoms with Gasteiger partial charge in [-0.05, 0) is 24.6 Å². The minimum atomic E-state index is -0.771. The number of aromatic hydroxyl groups is 1. The minimum absolute atomic E-state index is 0.00566. The van der Waals surface area contributed by atoms with Crippen LogP contribution in [0.25, 0.3) is 6.08 Å². The van der Waals surface area contributed by atoms with E-state index in [0.717, 1.165) is 11.0 Å². The molecular weight excluding hydrogens is 294 g/mol. The molecule has 0 saturated carbocycles. The number of phenolic OH excluding ortho intramolecular Hbond substituents is 1. The number of carbonyl (C=O) groups is 2. The van der Waals surface area contributed by atoms with E-state index in [1.54, 1.807) is 6.92 Å². The van der Waals surface area contributed by atoms with Gasteiger partial charge in [-0.2, -0.15) is 0 Å². The minimum Gasteiger partial charge on any atom is -0.500 e. The molecule has 0 aliphatic carbocycles. The highest BCUT2D eigenvalue weighted by atomic mass is 16.6. The number of urea groups is 1. The van der Waals surface area contributed by atoms with Crippen molar-refractivity contribution < 1.29 is 24.4 Å². The number of imide groups is 1. The van der Waals surface area contributed by atoms with Gasteiger partial charge in [0.1, 0.15) is 5.70 Å². The number of likely N-dealkylation sites (N-methyl/N-ethyl adjacent to an activating group) is 1. The van der Waals surface area contributed by atoms with E-state index in [1.165, 1.54) is 19.3 Å². The monoisotopic (exact) mass is 307 g/mol. The first kappa shape index (κ1) is 15.3. The third kappa shape index (κ3) is 2.55. The van der Waals surface area contributed by atoms with Gasteiger partial charge in [-0.3, -0.25) is 19.8 Å². The molecule has 1 aromatic carbocycles. The summed E-state index contributed by atoms with van der Waals surface area (Å²) in [6.45, 7) is 1.86. The summed E-state index contributed by atoms with van der Waals surface area (Å²) in [5.41, 5.74) is -0.327. The fourth-order valence-electron chi connectivity index (χ4n) is 2.02. The van der Waals surface area contributed by atoms with Crippen molar-refractivity contribution >= 4 is 23.7 Å². The van der Waals surface area contributed by atoms with Crippen LogP contribution >= 0.6 is 0 Å².